The standard InChI is InChI=1S/C19H28N2O2/c1-19(2)13-16(15-7-5-4-6-8-15)14-21(19)18(22)23-17-9-11-20(3)12-10-17/h4-8,16-17H,9-14H2,1-3H3. The third-order valence-electron chi connectivity index (χ3n) is 5.30. The van der Waals surface area contributed by atoms with Crippen molar-refractivity contribution in [3.05, 3.63) is 35.9 Å². The van der Waals surface area contributed by atoms with Gasteiger partial charge in [0.1, 0.15) is 6.10 Å². The maximum Gasteiger partial charge on any atom is 0.410 e. The molecule has 0 N–H and O–H groups in total. The number of amides is 1. The van der Waals surface area contributed by atoms with Crippen LogP contribution in [-0.4, -0.2) is 54.2 Å². The molecule has 0 aromatic heterocycles. The lowest BCUT2D eigenvalue weighted by molar-refractivity contribution is 0.0218. The molecule has 2 saturated heterocycles. The van der Waals surface area contributed by atoms with E-state index in [9.17, 15) is 4.79 Å². The van der Waals surface area contributed by atoms with E-state index in [-0.39, 0.29) is 17.7 Å². The molecule has 23 heavy (non-hydrogen) atoms. The second-order valence-electron chi connectivity index (χ2n) is 7.62. The van der Waals surface area contributed by atoms with Gasteiger partial charge in [-0.05, 0) is 45.7 Å². The van der Waals surface area contributed by atoms with Crippen molar-refractivity contribution in [2.75, 3.05) is 26.7 Å². The molecule has 1 unspecified atom stereocenters. The highest BCUT2D eigenvalue weighted by Gasteiger charge is 2.43. The van der Waals surface area contributed by atoms with Gasteiger partial charge < -0.3 is 14.5 Å². The third-order valence-corrected chi connectivity index (χ3v) is 5.30. The van der Waals surface area contributed by atoms with Crippen LogP contribution < -0.4 is 0 Å². The molecule has 2 heterocycles. The van der Waals surface area contributed by atoms with Gasteiger partial charge in [0.2, 0.25) is 0 Å². The Morgan fingerprint density at radius 3 is 2.48 bits per heavy atom. The first-order valence-corrected chi connectivity index (χ1v) is 8.67. The van der Waals surface area contributed by atoms with Crippen molar-refractivity contribution in [2.45, 2.75) is 50.7 Å². The van der Waals surface area contributed by atoms with E-state index in [4.69, 9.17) is 4.74 Å². The summed E-state index contributed by atoms with van der Waals surface area (Å²) in [6.07, 6.45) is 2.81. The number of hydrogen-bond donors (Lipinski definition) is 0. The van der Waals surface area contributed by atoms with Gasteiger partial charge in [-0.3, -0.25) is 0 Å². The van der Waals surface area contributed by atoms with Gasteiger partial charge in [-0.2, -0.15) is 0 Å². The lowest BCUT2D eigenvalue weighted by Crippen LogP contribution is -2.45. The van der Waals surface area contributed by atoms with Gasteiger partial charge in [-0.15, -0.1) is 0 Å². The fourth-order valence-electron chi connectivity index (χ4n) is 3.82. The molecular formula is C19H28N2O2. The molecule has 1 atom stereocenters. The van der Waals surface area contributed by atoms with Crippen molar-refractivity contribution < 1.29 is 9.53 Å². The van der Waals surface area contributed by atoms with Crippen LogP contribution in [0.4, 0.5) is 4.79 Å². The summed E-state index contributed by atoms with van der Waals surface area (Å²) in [5, 5.41) is 0. The second-order valence-corrected chi connectivity index (χ2v) is 7.62. The van der Waals surface area contributed by atoms with Crippen LogP contribution >= 0.6 is 0 Å². The molecule has 3 rings (SSSR count). The minimum Gasteiger partial charge on any atom is -0.446 e. The van der Waals surface area contributed by atoms with Crippen LogP contribution in [0.5, 0.6) is 0 Å². The highest BCUT2D eigenvalue weighted by atomic mass is 16.6. The second kappa shape index (κ2) is 6.52. The van der Waals surface area contributed by atoms with E-state index in [2.05, 4.69) is 50.1 Å². The van der Waals surface area contributed by atoms with Gasteiger partial charge >= 0.3 is 6.09 Å². The van der Waals surface area contributed by atoms with Gasteiger partial charge in [-0.1, -0.05) is 30.3 Å². The first-order valence-electron chi connectivity index (χ1n) is 8.67. The average Bonchev–Trinajstić information content (AvgIpc) is 2.86. The third kappa shape index (κ3) is 3.69. The number of ether oxygens (including phenoxy) is 1. The van der Waals surface area contributed by atoms with Crippen molar-refractivity contribution in [2.24, 2.45) is 0 Å². The molecule has 126 valence electrons. The van der Waals surface area contributed by atoms with Crippen LogP contribution in [-0.2, 0) is 4.74 Å². The Morgan fingerprint density at radius 1 is 1.17 bits per heavy atom. The lowest BCUT2D eigenvalue weighted by Gasteiger charge is -2.34. The van der Waals surface area contributed by atoms with Crippen LogP contribution in [0.25, 0.3) is 0 Å². The molecule has 1 amide bonds. The molecule has 2 fully saturated rings. The number of benzene rings is 1. The summed E-state index contributed by atoms with van der Waals surface area (Å²) < 4.78 is 5.80. The Bertz CT molecular complexity index is 536. The van der Waals surface area contributed by atoms with Gasteiger partial charge in [0.15, 0.2) is 0 Å². The lowest BCUT2D eigenvalue weighted by atomic mass is 9.91. The smallest absolute Gasteiger partial charge is 0.410 e. The predicted octanol–water partition coefficient (Wildman–Crippen LogP) is 3.49. The predicted molar refractivity (Wildman–Crippen MR) is 91.6 cm³/mol. The minimum absolute atomic E-state index is 0.0743. The Kier molecular flexibility index (Phi) is 4.62. The van der Waals surface area contributed by atoms with E-state index in [0.717, 1.165) is 38.9 Å². The Balaban J connectivity index is 1.63. The van der Waals surface area contributed by atoms with Crippen molar-refractivity contribution in [1.29, 1.82) is 0 Å². The maximum atomic E-state index is 12.7. The van der Waals surface area contributed by atoms with E-state index >= 15 is 0 Å². The van der Waals surface area contributed by atoms with Gasteiger partial charge in [-0.25, -0.2) is 4.79 Å². The number of carbonyl (C=O) groups excluding carboxylic acids is 1. The topological polar surface area (TPSA) is 32.8 Å². The van der Waals surface area contributed by atoms with E-state index in [1.165, 1.54) is 5.56 Å². The van der Waals surface area contributed by atoms with E-state index < -0.39 is 0 Å². The Hall–Kier alpha value is -1.55. The normalized spacial score (nSPS) is 25.5. The van der Waals surface area contributed by atoms with Crippen LogP contribution in [0.2, 0.25) is 0 Å². The van der Waals surface area contributed by atoms with Crippen molar-refractivity contribution in [3.8, 4) is 0 Å². The zero-order valence-electron chi connectivity index (χ0n) is 14.5. The highest BCUT2D eigenvalue weighted by molar-refractivity contribution is 5.69. The summed E-state index contributed by atoms with van der Waals surface area (Å²) in [6, 6.07) is 10.5. The Morgan fingerprint density at radius 2 is 1.83 bits per heavy atom. The SMILES string of the molecule is CN1CCC(OC(=O)N2CC(c3ccccc3)CC2(C)C)CC1. The molecule has 4 nitrogen and oxygen atoms in total. The van der Waals surface area contributed by atoms with Gasteiger partial charge in [0, 0.05) is 31.1 Å². The van der Waals surface area contributed by atoms with Crippen LogP contribution in [0, 0.1) is 0 Å². The number of rotatable bonds is 2. The number of piperidine rings is 1. The summed E-state index contributed by atoms with van der Waals surface area (Å²) in [5.74, 6) is 0.399. The highest BCUT2D eigenvalue weighted by Crippen LogP contribution is 2.39. The number of hydrogen-bond acceptors (Lipinski definition) is 3. The van der Waals surface area contributed by atoms with Crippen LogP contribution in [0.15, 0.2) is 30.3 Å². The molecule has 0 spiro atoms. The quantitative estimate of drug-likeness (QED) is 0.837. The monoisotopic (exact) mass is 316 g/mol. The molecule has 0 saturated carbocycles. The zero-order chi connectivity index (χ0) is 16.4. The van der Waals surface area contributed by atoms with Crippen molar-refractivity contribution >= 4 is 6.09 Å². The summed E-state index contributed by atoms with van der Waals surface area (Å²) in [5.41, 5.74) is 1.17. The summed E-state index contributed by atoms with van der Waals surface area (Å²) in [6.45, 7) is 7.06. The van der Waals surface area contributed by atoms with E-state index in [1.807, 2.05) is 11.0 Å². The van der Waals surface area contributed by atoms with Crippen molar-refractivity contribution in [1.82, 2.24) is 9.80 Å². The number of nitrogens with zero attached hydrogens (tertiary/aromatic N) is 2. The molecule has 0 radical (unpaired) electrons. The molecule has 4 heteroatoms. The molecule has 1 aromatic carbocycles. The first kappa shape index (κ1) is 16.3. The fourth-order valence-corrected chi connectivity index (χ4v) is 3.82. The Labute approximate surface area is 139 Å². The summed E-state index contributed by atoms with van der Waals surface area (Å²) in [7, 11) is 2.12. The molecule has 0 aliphatic carbocycles. The largest absolute Gasteiger partial charge is 0.446 e. The molecule has 2 aliphatic rings. The van der Waals surface area contributed by atoms with Crippen LogP contribution in [0.3, 0.4) is 0 Å². The van der Waals surface area contributed by atoms with Gasteiger partial charge in [0.05, 0.1) is 0 Å². The molecule has 0 bridgehead atoms. The first-order chi connectivity index (χ1) is 11.0. The number of carbonyl (C=O) groups is 1. The van der Waals surface area contributed by atoms with Crippen LogP contribution in [0.1, 0.15) is 44.6 Å². The average molecular weight is 316 g/mol. The zero-order valence-corrected chi connectivity index (χ0v) is 14.5. The molecular weight excluding hydrogens is 288 g/mol. The summed E-state index contributed by atoms with van der Waals surface area (Å²) >= 11 is 0. The van der Waals surface area contributed by atoms with Crippen molar-refractivity contribution in [3.63, 3.8) is 0 Å². The fraction of sp³-hybridized carbons (Fsp3) is 0.632. The van der Waals surface area contributed by atoms with E-state index in [0.29, 0.717) is 5.92 Å². The summed E-state index contributed by atoms with van der Waals surface area (Å²) in [4.78, 5) is 16.9. The molecule has 2 aliphatic heterocycles. The van der Waals surface area contributed by atoms with E-state index in [1.54, 1.807) is 0 Å². The maximum absolute atomic E-state index is 12.7. The molecule has 1 aromatic rings. The minimum atomic E-state index is -0.150. The van der Waals surface area contributed by atoms with Gasteiger partial charge in [0.25, 0.3) is 0 Å². The number of likely N-dealkylation sites (tertiary alicyclic amines) is 2.